The van der Waals surface area contributed by atoms with Crippen LogP contribution in [0.3, 0.4) is 0 Å². The average molecular weight is 469 g/mol. The highest BCUT2D eigenvalue weighted by molar-refractivity contribution is 5.35. The van der Waals surface area contributed by atoms with E-state index in [1.807, 2.05) is 36.4 Å². The Kier molecular flexibility index (Phi) is 6.45. The zero-order chi connectivity index (χ0) is 23.7. The Morgan fingerprint density at radius 1 is 0.853 bits per heavy atom. The molecule has 3 aromatic rings. The molecule has 0 saturated carbocycles. The molecule has 34 heavy (non-hydrogen) atoms. The lowest BCUT2D eigenvalue weighted by atomic mass is 9.82. The van der Waals surface area contributed by atoms with E-state index in [9.17, 15) is 17.6 Å². The Morgan fingerprint density at radius 2 is 1.50 bits per heavy atom. The van der Waals surface area contributed by atoms with Crippen LogP contribution in [-0.2, 0) is 12.7 Å². The van der Waals surface area contributed by atoms with Crippen LogP contribution >= 0.6 is 0 Å². The number of hydrogen-bond acceptors (Lipinski definition) is 2. The lowest BCUT2D eigenvalue weighted by Crippen LogP contribution is -2.57. The van der Waals surface area contributed by atoms with Gasteiger partial charge in [0.1, 0.15) is 5.82 Å². The van der Waals surface area contributed by atoms with Crippen LogP contribution in [0.5, 0.6) is 0 Å². The summed E-state index contributed by atoms with van der Waals surface area (Å²) in [5, 5.41) is 0. The van der Waals surface area contributed by atoms with Crippen molar-refractivity contribution in [1.29, 1.82) is 0 Å². The predicted molar refractivity (Wildman–Crippen MR) is 125 cm³/mol. The molecule has 1 unspecified atom stereocenters. The molecule has 0 aromatic heterocycles. The largest absolute Gasteiger partial charge is 0.416 e. The van der Waals surface area contributed by atoms with Crippen molar-refractivity contribution in [2.45, 2.75) is 43.6 Å². The highest BCUT2D eigenvalue weighted by atomic mass is 19.4. The second kappa shape index (κ2) is 9.51. The van der Waals surface area contributed by atoms with Crippen LogP contribution in [-0.4, -0.2) is 41.5 Å². The van der Waals surface area contributed by atoms with Gasteiger partial charge < -0.3 is 0 Å². The summed E-state index contributed by atoms with van der Waals surface area (Å²) in [5.41, 5.74) is 1.75. The van der Waals surface area contributed by atoms with Gasteiger partial charge in [-0.25, -0.2) is 4.39 Å². The Labute approximate surface area is 197 Å². The van der Waals surface area contributed by atoms with Gasteiger partial charge >= 0.3 is 6.18 Å². The SMILES string of the molecule is Fc1ccc(C(F)(F)F)cc1CN1CC(C(c2ccccc2)c2ccccc2)N2CCC[C@H]2C1. The van der Waals surface area contributed by atoms with E-state index >= 15 is 0 Å². The van der Waals surface area contributed by atoms with E-state index in [2.05, 4.69) is 34.1 Å². The minimum Gasteiger partial charge on any atom is -0.296 e. The summed E-state index contributed by atoms with van der Waals surface area (Å²) in [5.74, 6) is -0.460. The molecule has 0 amide bonds. The summed E-state index contributed by atoms with van der Waals surface area (Å²) < 4.78 is 54.3. The third-order valence-electron chi connectivity index (χ3n) is 7.23. The second-order valence-corrected chi connectivity index (χ2v) is 9.40. The van der Waals surface area contributed by atoms with Gasteiger partial charge in [-0.2, -0.15) is 13.2 Å². The molecule has 0 spiro atoms. The number of alkyl halides is 3. The predicted octanol–water partition coefficient (Wildman–Crippen LogP) is 6.33. The normalized spacial score (nSPS) is 21.7. The Morgan fingerprint density at radius 3 is 2.12 bits per heavy atom. The molecular weight excluding hydrogens is 440 g/mol. The third kappa shape index (κ3) is 4.75. The first-order valence-electron chi connectivity index (χ1n) is 11.8. The zero-order valence-corrected chi connectivity index (χ0v) is 18.9. The third-order valence-corrected chi connectivity index (χ3v) is 7.23. The van der Waals surface area contributed by atoms with E-state index in [0.717, 1.165) is 44.1 Å². The van der Waals surface area contributed by atoms with Gasteiger partial charge in [-0.15, -0.1) is 0 Å². The summed E-state index contributed by atoms with van der Waals surface area (Å²) in [6, 6.07) is 24.0. The molecule has 2 atom stereocenters. The fraction of sp³-hybridized carbons (Fsp3) is 0.357. The minimum absolute atomic E-state index is 0.107. The van der Waals surface area contributed by atoms with Crippen molar-refractivity contribution >= 4 is 0 Å². The molecule has 2 aliphatic heterocycles. The lowest BCUT2D eigenvalue weighted by Gasteiger charge is -2.47. The number of fused-ring (bicyclic) bond motifs is 1. The molecule has 2 nitrogen and oxygen atoms in total. The molecule has 0 N–H and O–H groups in total. The highest BCUT2D eigenvalue weighted by Gasteiger charge is 2.42. The highest BCUT2D eigenvalue weighted by Crippen LogP contribution is 2.38. The fourth-order valence-electron chi connectivity index (χ4n) is 5.73. The monoisotopic (exact) mass is 468 g/mol. The van der Waals surface area contributed by atoms with E-state index < -0.39 is 17.6 Å². The topological polar surface area (TPSA) is 6.48 Å². The van der Waals surface area contributed by atoms with Crippen molar-refractivity contribution in [3.8, 4) is 0 Å². The first-order chi connectivity index (χ1) is 16.4. The zero-order valence-electron chi connectivity index (χ0n) is 18.9. The molecule has 0 aliphatic carbocycles. The van der Waals surface area contributed by atoms with Crippen LogP contribution in [0.1, 0.15) is 41.0 Å². The van der Waals surface area contributed by atoms with E-state index in [4.69, 9.17) is 0 Å². The Hall–Kier alpha value is -2.70. The second-order valence-electron chi connectivity index (χ2n) is 9.40. The van der Waals surface area contributed by atoms with E-state index in [1.165, 1.54) is 11.1 Å². The van der Waals surface area contributed by atoms with Crippen molar-refractivity contribution < 1.29 is 17.6 Å². The molecule has 3 aromatic carbocycles. The van der Waals surface area contributed by atoms with Crippen LogP contribution in [0.25, 0.3) is 0 Å². The molecule has 5 rings (SSSR count). The summed E-state index contributed by atoms with van der Waals surface area (Å²) >= 11 is 0. The van der Waals surface area contributed by atoms with Crippen LogP contribution < -0.4 is 0 Å². The fourth-order valence-corrected chi connectivity index (χ4v) is 5.73. The smallest absolute Gasteiger partial charge is 0.296 e. The summed E-state index contributed by atoms with van der Waals surface area (Å²) in [6.45, 7) is 2.59. The van der Waals surface area contributed by atoms with Crippen LogP contribution in [0.15, 0.2) is 78.9 Å². The quantitative estimate of drug-likeness (QED) is 0.404. The summed E-state index contributed by atoms with van der Waals surface area (Å²) in [7, 11) is 0. The standard InChI is InChI=1S/C28H28F4N2/c29-25-14-13-23(28(30,31)32)16-22(25)17-33-18-24-12-7-15-34(24)26(19-33)27(20-8-3-1-4-9-20)21-10-5-2-6-11-21/h1-6,8-11,13-14,16,24,26-27H,7,12,15,17-19H2/t24-,26?/m0/s1. The van der Waals surface area contributed by atoms with Crippen molar-refractivity contribution in [1.82, 2.24) is 9.80 Å². The average Bonchev–Trinajstić information content (AvgIpc) is 3.30. The van der Waals surface area contributed by atoms with Gasteiger partial charge in [-0.3, -0.25) is 9.80 Å². The van der Waals surface area contributed by atoms with Crippen molar-refractivity contribution in [3.05, 3.63) is 107 Å². The number of rotatable bonds is 5. The molecule has 6 heteroatoms. The summed E-state index contributed by atoms with van der Waals surface area (Å²) in [4.78, 5) is 4.72. The van der Waals surface area contributed by atoms with Gasteiger partial charge in [-0.05, 0) is 48.7 Å². The van der Waals surface area contributed by atoms with Gasteiger partial charge in [0.2, 0.25) is 0 Å². The Balaban J connectivity index is 1.48. The Bertz CT molecular complexity index is 1060. The number of piperazine rings is 1. The molecule has 2 saturated heterocycles. The van der Waals surface area contributed by atoms with Crippen LogP contribution in [0.4, 0.5) is 17.6 Å². The maximum Gasteiger partial charge on any atom is 0.416 e. The van der Waals surface area contributed by atoms with Gasteiger partial charge in [0.25, 0.3) is 0 Å². The minimum atomic E-state index is -4.49. The van der Waals surface area contributed by atoms with Gasteiger partial charge in [0, 0.05) is 43.2 Å². The van der Waals surface area contributed by atoms with E-state index in [1.54, 1.807) is 0 Å². The van der Waals surface area contributed by atoms with E-state index in [-0.39, 0.29) is 24.1 Å². The molecule has 2 aliphatic rings. The number of benzene rings is 3. The number of halogens is 4. The molecule has 0 radical (unpaired) electrons. The first-order valence-corrected chi connectivity index (χ1v) is 11.8. The van der Waals surface area contributed by atoms with Gasteiger partial charge in [0.15, 0.2) is 0 Å². The van der Waals surface area contributed by atoms with Crippen LogP contribution in [0.2, 0.25) is 0 Å². The lowest BCUT2D eigenvalue weighted by molar-refractivity contribution is -0.137. The molecule has 2 heterocycles. The molecule has 178 valence electrons. The van der Waals surface area contributed by atoms with Crippen molar-refractivity contribution in [2.24, 2.45) is 0 Å². The maximum atomic E-state index is 14.6. The van der Waals surface area contributed by atoms with E-state index in [0.29, 0.717) is 12.6 Å². The van der Waals surface area contributed by atoms with Gasteiger partial charge in [0.05, 0.1) is 5.56 Å². The summed E-state index contributed by atoms with van der Waals surface area (Å²) in [6.07, 6.45) is -2.33. The molecule has 2 fully saturated rings. The first kappa shape index (κ1) is 23.1. The number of hydrogen-bond donors (Lipinski definition) is 0. The maximum absolute atomic E-state index is 14.6. The molecular formula is C28H28F4N2. The van der Waals surface area contributed by atoms with Crippen LogP contribution in [0, 0.1) is 5.82 Å². The van der Waals surface area contributed by atoms with Crippen molar-refractivity contribution in [3.63, 3.8) is 0 Å². The van der Waals surface area contributed by atoms with Gasteiger partial charge in [-0.1, -0.05) is 60.7 Å². The van der Waals surface area contributed by atoms with Crippen molar-refractivity contribution in [2.75, 3.05) is 19.6 Å². The molecule has 0 bridgehead atoms. The number of nitrogens with zero attached hydrogens (tertiary/aromatic N) is 2.